The van der Waals surface area contributed by atoms with Gasteiger partial charge in [-0.15, -0.1) is 0 Å². The Morgan fingerprint density at radius 3 is 1.81 bits per heavy atom. The van der Waals surface area contributed by atoms with Crippen LogP contribution in [0.1, 0.15) is 59.3 Å². The largest absolute Gasteiger partial charge is 0.414 e. The first kappa shape index (κ1) is 16.6. The Hall–Kier alpha value is 0.617. The molecular weight excluding hydrogens is 284 g/mol. The van der Waals surface area contributed by atoms with Gasteiger partial charge in [-0.2, -0.15) is 0 Å². The average Bonchev–Trinajstić information content (AvgIpc) is 2.24. The minimum absolute atomic E-state index is 0.743. The molecular formula is C12H27BrO2Si. The molecule has 0 aromatic rings. The summed E-state index contributed by atoms with van der Waals surface area (Å²) < 4.78 is 11.5. The van der Waals surface area contributed by atoms with E-state index < -0.39 is 7.18 Å². The van der Waals surface area contributed by atoms with E-state index in [4.69, 9.17) is 8.85 Å². The highest BCUT2D eigenvalue weighted by Crippen LogP contribution is 2.24. The van der Waals surface area contributed by atoms with Crippen molar-refractivity contribution in [1.29, 1.82) is 0 Å². The molecule has 0 unspecified atom stereocenters. The quantitative estimate of drug-likeness (QED) is 0.311. The summed E-state index contributed by atoms with van der Waals surface area (Å²) in [6, 6.07) is 1.07. The molecule has 0 N–H and O–H groups in total. The maximum absolute atomic E-state index is 5.73. The Bertz CT molecular complexity index is 150. The molecule has 98 valence electrons. The molecule has 0 heterocycles. The monoisotopic (exact) mass is 310 g/mol. The first-order valence-corrected chi connectivity index (χ1v) is 10.9. The van der Waals surface area contributed by atoms with Crippen molar-refractivity contribution in [1.82, 2.24) is 0 Å². The van der Waals surface area contributed by atoms with E-state index >= 15 is 0 Å². The third-order valence-electron chi connectivity index (χ3n) is 2.55. The van der Waals surface area contributed by atoms with Crippen LogP contribution in [0.3, 0.4) is 0 Å². The molecule has 0 radical (unpaired) electrons. The molecule has 0 spiro atoms. The maximum atomic E-state index is 5.73. The fourth-order valence-electron chi connectivity index (χ4n) is 1.73. The Labute approximate surface area is 110 Å². The fourth-order valence-corrected chi connectivity index (χ4v) is 5.85. The summed E-state index contributed by atoms with van der Waals surface area (Å²) in [5, 5.41) is 0. The van der Waals surface area contributed by atoms with Gasteiger partial charge in [-0.1, -0.05) is 60.7 Å². The van der Waals surface area contributed by atoms with Crippen molar-refractivity contribution in [2.24, 2.45) is 0 Å². The Balaban J connectivity index is 3.59. The molecule has 0 aromatic carbocycles. The number of hydrogen-bond donors (Lipinski definition) is 0. The number of unbranched alkanes of at least 4 members (excludes halogenated alkanes) is 5. The Morgan fingerprint density at radius 2 is 1.31 bits per heavy atom. The molecule has 0 saturated heterocycles. The lowest BCUT2D eigenvalue weighted by Crippen LogP contribution is -2.35. The topological polar surface area (TPSA) is 18.5 Å². The van der Waals surface area contributed by atoms with Crippen molar-refractivity contribution in [3.8, 4) is 0 Å². The second-order valence-corrected chi connectivity index (χ2v) is 10.1. The van der Waals surface area contributed by atoms with Gasteiger partial charge in [0.15, 0.2) is 0 Å². The summed E-state index contributed by atoms with van der Waals surface area (Å²) in [5.41, 5.74) is 0. The van der Waals surface area contributed by atoms with Gasteiger partial charge in [0.25, 0.3) is 0 Å². The first-order chi connectivity index (χ1) is 7.68. The van der Waals surface area contributed by atoms with Gasteiger partial charge in [-0.05, 0) is 13.8 Å². The molecule has 0 aliphatic carbocycles. The molecule has 0 aliphatic heterocycles. The standard InChI is InChI=1S/C12H27BrO2Si/c1-4-7-8-9-10-11-12-16(13,14-5-2)15-6-3/h4-12H2,1-3H3. The number of hydrogen-bond acceptors (Lipinski definition) is 2. The van der Waals surface area contributed by atoms with Crippen LogP contribution in [0.5, 0.6) is 0 Å². The highest BCUT2D eigenvalue weighted by molar-refractivity contribution is 9.25. The van der Waals surface area contributed by atoms with Crippen molar-refractivity contribution in [3.05, 3.63) is 0 Å². The molecule has 0 saturated carbocycles. The van der Waals surface area contributed by atoms with E-state index in [9.17, 15) is 0 Å². The van der Waals surface area contributed by atoms with Crippen LogP contribution in [-0.2, 0) is 8.85 Å². The summed E-state index contributed by atoms with van der Waals surface area (Å²) in [6.07, 6.45) is 7.94. The highest BCUT2D eigenvalue weighted by atomic mass is 79.9. The van der Waals surface area contributed by atoms with Crippen molar-refractivity contribution in [2.75, 3.05) is 13.2 Å². The Kier molecular flexibility index (Phi) is 11.2. The van der Waals surface area contributed by atoms with Crippen molar-refractivity contribution in [3.63, 3.8) is 0 Å². The van der Waals surface area contributed by atoms with Gasteiger partial charge in [-0.25, -0.2) is 0 Å². The van der Waals surface area contributed by atoms with Crippen LogP contribution in [0.4, 0.5) is 0 Å². The van der Waals surface area contributed by atoms with E-state index in [2.05, 4.69) is 22.2 Å². The second-order valence-electron chi connectivity index (χ2n) is 4.04. The molecule has 0 amide bonds. The van der Waals surface area contributed by atoms with Gasteiger partial charge in [0, 0.05) is 19.3 Å². The summed E-state index contributed by atoms with van der Waals surface area (Å²) in [5.74, 6) is 0. The van der Waals surface area contributed by atoms with Crippen LogP contribution in [0.2, 0.25) is 6.04 Å². The summed E-state index contributed by atoms with van der Waals surface area (Å²) in [6.45, 7) is 7.80. The second kappa shape index (κ2) is 10.8. The zero-order valence-electron chi connectivity index (χ0n) is 11.1. The van der Waals surface area contributed by atoms with E-state index in [1.165, 1.54) is 38.5 Å². The van der Waals surface area contributed by atoms with E-state index in [0.29, 0.717) is 0 Å². The highest BCUT2D eigenvalue weighted by Gasteiger charge is 2.33. The molecule has 2 nitrogen and oxygen atoms in total. The van der Waals surface area contributed by atoms with Crippen LogP contribution in [0.15, 0.2) is 0 Å². The van der Waals surface area contributed by atoms with Crippen LogP contribution in [0.25, 0.3) is 0 Å². The Morgan fingerprint density at radius 1 is 0.812 bits per heavy atom. The molecule has 0 aliphatic rings. The zero-order chi connectivity index (χ0) is 12.3. The predicted molar refractivity (Wildman–Crippen MR) is 76.1 cm³/mol. The van der Waals surface area contributed by atoms with Crippen molar-refractivity contribution >= 4 is 22.5 Å². The number of rotatable bonds is 11. The maximum Gasteiger partial charge on any atom is 0.414 e. The smallest absolute Gasteiger partial charge is 0.387 e. The average molecular weight is 311 g/mol. The van der Waals surface area contributed by atoms with Crippen LogP contribution >= 0.6 is 15.3 Å². The third kappa shape index (κ3) is 8.73. The van der Waals surface area contributed by atoms with Crippen LogP contribution < -0.4 is 0 Å². The first-order valence-electron chi connectivity index (χ1n) is 6.65. The van der Waals surface area contributed by atoms with E-state index in [1.807, 2.05) is 13.8 Å². The van der Waals surface area contributed by atoms with Crippen LogP contribution in [0, 0.1) is 0 Å². The van der Waals surface area contributed by atoms with Crippen molar-refractivity contribution < 1.29 is 8.85 Å². The summed E-state index contributed by atoms with van der Waals surface area (Å²) in [7, 11) is -2.01. The molecule has 0 fully saturated rings. The van der Waals surface area contributed by atoms with Gasteiger partial charge in [0.2, 0.25) is 0 Å². The summed E-state index contributed by atoms with van der Waals surface area (Å²) in [4.78, 5) is 0. The van der Waals surface area contributed by atoms with Gasteiger partial charge < -0.3 is 8.85 Å². The molecule has 0 rings (SSSR count). The van der Waals surface area contributed by atoms with Gasteiger partial charge >= 0.3 is 7.18 Å². The lowest BCUT2D eigenvalue weighted by molar-refractivity contribution is 0.206. The van der Waals surface area contributed by atoms with E-state index in [0.717, 1.165) is 19.3 Å². The molecule has 4 heteroatoms. The fraction of sp³-hybridized carbons (Fsp3) is 1.00. The van der Waals surface area contributed by atoms with Gasteiger partial charge in [0.05, 0.1) is 0 Å². The van der Waals surface area contributed by atoms with E-state index in [1.54, 1.807) is 0 Å². The predicted octanol–water partition coefficient (Wildman–Crippen LogP) is 4.75. The van der Waals surface area contributed by atoms with E-state index in [-0.39, 0.29) is 0 Å². The lowest BCUT2D eigenvalue weighted by Gasteiger charge is -2.23. The summed E-state index contributed by atoms with van der Waals surface area (Å²) >= 11 is 3.68. The third-order valence-corrected chi connectivity index (χ3v) is 7.50. The molecule has 16 heavy (non-hydrogen) atoms. The lowest BCUT2D eigenvalue weighted by atomic mass is 10.1. The molecule has 0 aromatic heterocycles. The minimum Gasteiger partial charge on any atom is -0.387 e. The van der Waals surface area contributed by atoms with Gasteiger partial charge in [0.1, 0.15) is 0 Å². The zero-order valence-corrected chi connectivity index (χ0v) is 13.6. The molecule has 0 bridgehead atoms. The van der Waals surface area contributed by atoms with Crippen molar-refractivity contribution in [2.45, 2.75) is 65.3 Å². The van der Waals surface area contributed by atoms with Gasteiger partial charge in [-0.3, -0.25) is 0 Å². The minimum atomic E-state index is -2.01. The molecule has 0 atom stereocenters. The van der Waals surface area contributed by atoms with Crippen LogP contribution in [-0.4, -0.2) is 20.4 Å². The normalized spacial score (nSPS) is 12.0. The SMILES string of the molecule is CCCCCCCC[Si](Br)(OCC)OCC. The number of halogens is 1.